The Hall–Kier alpha value is -0.290. The average Bonchev–Trinajstić information content (AvgIpc) is 2.51. The fourth-order valence-electron chi connectivity index (χ4n) is 2.38. The van der Waals surface area contributed by atoms with Gasteiger partial charge in [-0.2, -0.15) is 13.2 Å². The zero-order valence-corrected chi connectivity index (χ0v) is 10.1. The summed E-state index contributed by atoms with van der Waals surface area (Å²) in [6.07, 6.45) is 3.43. The summed E-state index contributed by atoms with van der Waals surface area (Å²) in [5.41, 5.74) is 6.01. The van der Waals surface area contributed by atoms with Crippen LogP contribution >= 0.6 is 0 Å². The molecule has 0 radical (unpaired) electrons. The van der Waals surface area contributed by atoms with E-state index < -0.39 is 12.8 Å². The van der Waals surface area contributed by atoms with Gasteiger partial charge in [0.15, 0.2) is 0 Å². The van der Waals surface area contributed by atoms with Crippen molar-refractivity contribution in [3.63, 3.8) is 0 Å². The molecular weight excluding hydrogens is 231 g/mol. The second-order valence-electron chi connectivity index (χ2n) is 4.87. The van der Waals surface area contributed by atoms with Crippen molar-refractivity contribution in [3.8, 4) is 0 Å². The fraction of sp³-hybridized carbons (Fsp3) is 1.00. The third-order valence-corrected chi connectivity index (χ3v) is 3.37. The van der Waals surface area contributed by atoms with Crippen LogP contribution in [0.15, 0.2) is 0 Å². The topological polar surface area (TPSA) is 35.2 Å². The van der Waals surface area contributed by atoms with Gasteiger partial charge in [0.1, 0.15) is 6.61 Å². The van der Waals surface area contributed by atoms with Gasteiger partial charge in [0.2, 0.25) is 0 Å². The normalized spacial score (nSPS) is 21.2. The molecular formula is C12H22F3NO. The van der Waals surface area contributed by atoms with Crippen LogP contribution in [0.2, 0.25) is 0 Å². The number of halogens is 3. The molecule has 0 amide bonds. The van der Waals surface area contributed by atoms with Gasteiger partial charge in [-0.1, -0.05) is 25.7 Å². The third-order valence-electron chi connectivity index (χ3n) is 3.37. The van der Waals surface area contributed by atoms with E-state index >= 15 is 0 Å². The van der Waals surface area contributed by atoms with Gasteiger partial charge in [-0.25, -0.2) is 0 Å². The first kappa shape index (κ1) is 14.8. The molecule has 0 bridgehead atoms. The average molecular weight is 253 g/mol. The van der Waals surface area contributed by atoms with Gasteiger partial charge in [0.25, 0.3) is 0 Å². The highest BCUT2D eigenvalue weighted by Gasteiger charge is 2.27. The first-order valence-corrected chi connectivity index (χ1v) is 6.39. The monoisotopic (exact) mass is 253 g/mol. The zero-order valence-electron chi connectivity index (χ0n) is 10.1. The van der Waals surface area contributed by atoms with Crippen LogP contribution in [0, 0.1) is 5.92 Å². The summed E-state index contributed by atoms with van der Waals surface area (Å²) in [5.74, 6) is 0.465. The Morgan fingerprint density at radius 2 is 1.71 bits per heavy atom. The lowest BCUT2D eigenvalue weighted by atomic mass is 9.91. The van der Waals surface area contributed by atoms with Crippen molar-refractivity contribution in [1.82, 2.24) is 0 Å². The Bertz CT molecular complexity index is 200. The Morgan fingerprint density at radius 1 is 1.12 bits per heavy atom. The van der Waals surface area contributed by atoms with Crippen LogP contribution in [0.4, 0.5) is 13.2 Å². The predicted octanol–water partition coefficient (Wildman–Crippen LogP) is 3.25. The lowest BCUT2D eigenvalue weighted by Crippen LogP contribution is -2.31. The molecule has 1 unspecified atom stereocenters. The number of hydrogen-bond donors (Lipinski definition) is 1. The molecule has 0 saturated heterocycles. The van der Waals surface area contributed by atoms with Crippen LogP contribution in [-0.2, 0) is 4.74 Å². The van der Waals surface area contributed by atoms with Crippen molar-refractivity contribution in [2.75, 3.05) is 13.2 Å². The van der Waals surface area contributed by atoms with Gasteiger partial charge in [0, 0.05) is 12.6 Å². The molecule has 2 nitrogen and oxygen atoms in total. The van der Waals surface area contributed by atoms with Crippen LogP contribution in [0.5, 0.6) is 0 Å². The van der Waals surface area contributed by atoms with E-state index in [1.807, 2.05) is 0 Å². The molecule has 2 N–H and O–H groups in total. The van der Waals surface area contributed by atoms with Crippen LogP contribution < -0.4 is 5.73 Å². The van der Waals surface area contributed by atoms with Gasteiger partial charge in [-0.15, -0.1) is 0 Å². The molecule has 0 spiro atoms. The minimum absolute atomic E-state index is 0.0127. The fourth-order valence-corrected chi connectivity index (χ4v) is 2.38. The largest absolute Gasteiger partial charge is 0.411 e. The van der Waals surface area contributed by atoms with Gasteiger partial charge >= 0.3 is 6.18 Å². The summed E-state index contributed by atoms with van der Waals surface area (Å²) in [5, 5.41) is 0. The van der Waals surface area contributed by atoms with Gasteiger partial charge < -0.3 is 10.5 Å². The maximum absolute atomic E-state index is 11.8. The lowest BCUT2D eigenvalue weighted by molar-refractivity contribution is -0.174. The molecule has 102 valence electrons. The third kappa shape index (κ3) is 6.88. The van der Waals surface area contributed by atoms with Crippen LogP contribution in [0.25, 0.3) is 0 Å². The Morgan fingerprint density at radius 3 is 2.24 bits per heavy atom. The van der Waals surface area contributed by atoms with Crippen LogP contribution in [-0.4, -0.2) is 25.4 Å². The minimum atomic E-state index is -4.23. The molecule has 1 fully saturated rings. The van der Waals surface area contributed by atoms with E-state index in [1.54, 1.807) is 0 Å². The standard InChI is InChI=1S/C12H22F3NO/c13-12(14,15)9-17-8-7-11(16)10-5-3-1-2-4-6-10/h10-11H,1-9,16H2. The van der Waals surface area contributed by atoms with Gasteiger partial charge in [0.05, 0.1) is 0 Å². The Balaban J connectivity index is 2.13. The molecule has 1 aliphatic rings. The van der Waals surface area contributed by atoms with Crippen molar-refractivity contribution >= 4 is 0 Å². The van der Waals surface area contributed by atoms with Crippen molar-refractivity contribution in [3.05, 3.63) is 0 Å². The lowest BCUT2D eigenvalue weighted by Gasteiger charge is -2.22. The number of ether oxygens (including phenoxy) is 1. The minimum Gasteiger partial charge on any atom is -0.372 e. The first-order chi connectivity index (χ1) is 7.99. The second kappa shape index (κ2) is 7.21. The molecule has 0 aromatic heterocycles. The Labute approximate surface area is 101 Å². The van der Waals surface area contributed by atoms with Crippen molar-refractivity contribution < 1.29 is 17.9 Å². The van der Waals surface area contributed by atoms with E-state index in [2.05, 4.69) is 4.74 Å². The van der Waals surface area contributed by atoms with E-state index in [9.17, 15) is 13.2 Å². The summed E-state index contributed by atoms with van der Waals surface area (Å²) in [6, 6.07) is -0.0127. The summed E-state index contributed by atoms with van der Waals surface area (Å²) in [4.78, 5) is 0. The van der Waals surface area contributed by atoms with E-state index in [1.165, 1.54) is 25.7 Å². The van der Waals surface area contributed by atoms with Crippen LogP contribution in [0.3, 0.4) is 0 Å². The number of alkyl halides is 3. The van der Waals surface area contributed by atoms with E-state index in [4.69, 9.17) is 5.73 Å². The summed E-state index contributed by atoms with van der Waals surface area (Å²) < 4.78 is 40.1. The Kier molecular flexibility index (Phi) is 6.27. The number of hydrogen-bond acceptors (Lipinski definition) is 2. The number of rotatable bonds is 5. The first-order valence-electron chi connectivity index (χ1n) is 6.39. The molecule has 1 saturated carbocycles. The van der Waals surface area contributed by atoms with E-state index in [-0.39, 0.29) is 12.6 Å². The molecule has 0 heterocycles. The maximum atomic E-state index is 11.8. The van der Waals surface area contributed by atoms with E-state index in [0.29, 0.717) is 12.3 Å². The summed E-state index contributed by atoms with van der Waals surface area (Å²) in [7, 11) is 0. The van der Waals surface area contributed by atoms with Crippen molar-refractivity contribution in [1.29, 1.82) is 0 Å². The SMILES string of the molecule is NC(CCOCC(F)(F)F)C1CCCCCC1. The van der Waals surface area contributed by atoms with E-state index in [0.717, 1.165) is 12.8 Å². The molecule has 17 heavy (non-hydrogen) atoms. The van der Waals surface area contributed by atoms with Gasteiger partial charge in [-0.05, 0) is 25.2 Å². The molecule has 0 aromatic rings. The molecule has 5 heteroatoms. The zero-order chi connectivity index (χ0) is 12.7. The molecule has 1 rings (SSSR count). The molecule has 1 aliphatic carbocycles. The van der Waals surface area contributed by atoms with Crippen LogP contribution in [0.1, 0.15) is 44.9 Å². The quantitative estimate of drug-likeness (QED) is 0.603. The maximum Gasteiger partial charge on any atom is 0.411 e. The molecule has 0 aliphatic heterocycles. The highest BCUT2D eigenvalue weighted by molar-refractivity contribution is 4.75. The molecule has 1 atom stereocenters. The summed E-state index contributed by atoms with van der Waals surface area (Å²) in [6.45, 7) is -1.05. The highest BCUT2D eigenvalue weighted by Crippen LogP contribution is 2.26. The van der Waals surface area contributed by atoms with Crippen molar-refractivity contribution in [2.45, 2.75) is 57.2 Å². The van der Waals surface area contributed by atoms with Crippen molar-refractivity contribution in [2.24, 2.45) is 11.7 Å². The second-order valence-corrected chi connectivity index (χ2v) is 4.87. The molecule has 0 aromatic carbocycles. The summed E-state index contributed by atoms with van der Waals surface area (Å²) >= 11 is 0. The predicted molar refractivity (Wildman–Crippen MR) is 60.7 cm³/mol. The smallest absolute Gasteiger partial charge is 0.372 e. The van der Waals surface area contributed by atoms with Gasteiger partial charge in [-0.3, -0.25) is 0 Å². The number of nitrogens with two attached hydrogens (primary N) is 1. The highest BCUT2D eigenvalue weighted by atomic mass is 19.4.